The summed E-state index contributed by atoms with van der Waals surface area (Å²) in [6, 6.07) is 12.7. The lowest BCUT2D eigenvalue weighted by molar-refractivity contribution is 0.0989. The number of rotatable bonds is 4. The predicted octanol–water partition coefficient (Wildman–Crippen LogP) is 2.57. The van der Waals surface area contributed by atoms with Gasteiger partial charge in [-0.2, -0.15) is 5.10 Å². The first-order valence-corrected chi connectivity index (χ1v) is 6.65. The zero-order chi connectivity index (χ0) is 16.2. The molecule has 3 rings (SSSR count). The Morgan fingerprint density at radius 1 is 1.00 bits per heavy atom. The van der Waals surface area contributed by atoms with E-state index in [2.05, 4.69) is 15.2 Å². The van der Waals surface area contributed by atoms with Crippen LogP contribution in [-0.2, 0) is 0 Å². The van der Waals surface area contributed by atoms with E-state index in [4.69, 9.17) is 10.5 Å². The number of nitrogens with two attached hydrogens (primary N) is 1. The summed E-state index contributed by atoms with van der Waals surface area (Å²) >= 11 is 0. The summed E-state index contributed by atoms with van der Waals surface area (Å²) < 4.78 is 18.4. The third-order valence-electron chi connectivity index (χ3n) is 2.98. The van der Waals surface area contributed by atoms with Crippen LogP contribution in [0, 0.1) is 5.82 Å². The summed E-state index contributed by atoms with van der Waals surface area (Å²) in [6.45, 7) is 0. The lowest BCUT2D eigenvalue weighted by atomic mass is 10.1. The first-order valence-electron chi connectivity index (χ1n) is 6.65. The number of carbonyl (C=O) groups is 1. The molecule has 0 aliphatic heterocycles. The Kier molecular flexibility index (Phi) is 3.92. The van der Waals surface area contributed by atoms with Crippen LogP contribution in [0.1, 0.15) is 10.6 Å². The molecule has 0 radical (unpaired) electrons. The minimum Gasteiger partial charge on any atom is -0.457 e. The maximum absolute atomic E-state index is 12.8. The highest BCUT2D eigenvalue weighted by atomic mass is 19.1. The van der Waals surface area contributed by atoms with Gasteiger partial charge in [-0.05, 0) is 48.5 Å². The minimum atomic E-state index is -0.740. The normalized spacial score (nSPS) is 10.3. The predicted molar refractivity (Wildman–Crippen MR) is 80.3 cm³/mol. The number of carbonyl (C=O) groups excluding carboxylic acids is 1. The summed E-state index contributed by atoms with van der Waals surface area (Å²) in [6.07, 6.45) is 1.43. The molecular weight excluding hydrogens is 299 g/mol. The summed E-state index contributed by atoms with van der Waals surface area (Å²) in [5, 5.41) is 7.25. The van der Waals surface area contributed by atoms with Gasteiger partial charge in [-0.1, -0.05) is 0 Å². The van der Waals surface area contributed by atoms with Crippen LogP contribution in [0.25, 0.3) is 11.3 Å². The number of nitrogens with zero attached hydrogens (tertiary/aromatic N) is 3. The van der Waals surface area contributed by atoms with Gasteiger partial charge in [-0.15, -0.1) is 5.10 Å². The fourth-order valence-electron chi connectivity index (χ4n) is 1.88. The Labute approximate surface area is 130 Å². The van der Waals surface area contributed by atoms with Gasteiger partial charge in [0, 0.05) is 5.56 Å². The molecule has 0 unspecified atom stereocenters. The number of halogens is 1. The second kappa shape index (κ2) is 6.18. The van der Waals surface area contributed by atoms with Crippen molar-refractivity contribution in [3.8, 4) is 22.8 Å². The van der Waals surface area contributed by atoms with E-state index in [9.17, 15) is 9.18 Å². The molecule has 2 aromatic carbocycles. The van der Waals surface area contributed by atoms with Crippen LogP contribution in [0.5, 0.6) is 11.5 Å². The quantitative estimate of drug-likeness (QED) is 0.799. The SMILES string of the molecule is NC(=O)c1nncc(-c2ccc(Oc3ccc(F)cc3)cc2)n1. The maximum Gasteiger partial charge on any atom is 0.288 e. The minimum absolute atomic E-state index is 0.144. The van der Waals surface area contributed by atoms with Crippen LogP contribution in [0.15, 0.2) is 54.7 Å². The molecule has 0 aliphatic rings. The lowest BCUT2D eigenvalue weighted by Crippen LogP contribution is -2.16. The standard InChI is InChI=1S/C16H11FN4O2/c17-11-3-7-13(8-4-11)23-12-5-1-10(2-6-12)14-9-19-21-16(20-14)15(18)22/h1-9H,(H2,18,22). The third-order valence-corrected chi connectivity index (χ3v) is 2.98. The van der Waals surface area contributed by atoms with Gasteiger partial charge in [0.25, 0.3) is 5.91 Å². The zero-order valence-electron chi connectivity index (χ0n) is 11.8. The van der Waals surface area contributed by atoms with Crippen LogP contribution in [0.3, 0.4) is 0 Å². The highest BCUT2D eigenvalue weighted by Crippen LogP contribution is 2.24. The average Bonchev–Trinajstić information content (AvgIpc) is 2.58. The number of benzene rings is 2. The molecule has 23 heavy (non-hydrogen) atoms. The van der Waals surface area contributed by atoms with Crippen LogP contribution in [0.2, 0.25) is 0 Å². The van der Waals surface area contributed by atoms with Gasteiger partial charge in [0.05, 0.1) is 11.9 Å². The van der Waals surface area contributed by atoms with Crippen molar-refractivity contribution in [2.24, 2.45) is 5.73 Å². The molecule has 2 N–H and O–H groups in total. The smallest absolute Gasteiger partial charge is 0.288 e. The van der Waals surface area contributed by atoms with E-state index < -0.39 is 5.91 Å². The summed E-state index contributed by atoms with van der Waals surface area (Å²) in [5.74, 6) is -0.102. The van der Waals surface area contributed by atoms with Gasteiger partial charge in [0.1, 0.15) is 17.3 Å². The number of aromatic nitrogens is 3. The molecule has 7 heteroatoms. The molecular formula is C16H11FN4O2. The molecule has 0 aliphatic carbocycles. The number of hydrogen-bond donors (Lipinski definition) is 1. The van der Waals surface area contributed by atoms with Crippen molar-refractivity contribution in [2.75, 3.05) is 0 Å². The van der Waals surface area contributed by atoms with E-state index in [1.165, 1.54) is 30.5 Å². The van der Waals surface area contributed by atoms with E-state index in [-0.39, 0.29) is 11.6 Å². The highest BCUT2D eigenvalue weighted by molar-refractivity contribution is 5.89. The molecule has 0 atom stereocenters. The Hall–Kier alpha value is -3.35. The van der Waals surface area contributed by atoms with E-state index in [1.54, 1.807) is 24.3 Å². The van der Waals surface area contributed by atoms with Gasteiger partial charge < -0.3 is 10.5 Å². The largest absolute Gasteiger partial charge is 0.457 e. The summed E-state index contributed by atoms with van der Waals surface area (Å²) in [5.41, 5.74) is 6.34. The Balaban J connectivity index is 1.80. The Morgan fingerprint density at radius 3 is 2.22 bits per heavy atom. The summed E-state index contributed by atoms with van der Waals surface area (Å²) in [7, 11) is 0. The molecule has 1 amide bonds. The van der Waals surface area contributed by atoms with Gasteiger partial charge in [-0.3, -0.25) is 4.79 Å². The van der Waals surface area contributed by atoms with Crippen molar-refractivity contribution in [3.63, 3.8) is 0 Å². The highest BCUT2D eigenvalue weighted by Gasteiger charge is 2.08. The molecule has 1 aromatic heterocycles. The molecule has 0 saturated carbocycles. The molecule has 114 valence electrons. The third kappa shape index (κ3) is 3.46. The van der Waals surface area contributed by atoms with Gasteiger partial charge in [0.15, 0.2) is 0 Å². The molecule has 0 spiro atoms. The van der Waals surface area contributed by atoms with Crippen molar-refractivity contribution in [1.82, 2.24) is 15.2 Å². The fraction of sp³-hybridized carbons (Fsp3) is 0. The number of hydrogen-bond acceptors (Lipinski definition) is 5. The Morgan fingerprint density at radius 2 is 1.61 bits per heavy atom. The van der Waals surface area contributed by atoms with Crippen LogP contribution >= 0.6 is 0 Å². The van der Waals surface area contributed by atoms with Crippen LogP contribution in [-0.4, -0.2) is 21.1 Å². The monoisotopic (exact) mass is 310 g/mol. The maximum atomic E-state index is 12.8. The van der Waals surface area contributed by atoms with Crippen molar-refractivity contribution >= 4 is 5.91 Å². The lowest BCUT2D eigenvalue weighted by Gasteiger charge is -2.06. The van der Waals surface area contributed by atoms with Crippen molar-refractivity contribution < 1.29 is 13.9 Å². The Bertz CT molecular complexity index is 835. The zero-order valence-corrected chi connectivity index (χ0v) is 11.8. The molecule has 6 nitrogen and oxygen atoms in total. The molecule has 0 saturated heterocycles. The fourth-order valence-corrected chi connectivity index (χ4v) is 1.88. The van der Waals surface area contributed by atoms with Gasteiger partial charge in [0.2, 0.25) is 5.82 Å². The average molecular weight is 310 g/mol. The molecule has 1 heterocycles. The van der Waals surface area contributed by atoms with Gasteiger partial charge >= 0.3 is 0 Å². The topological polar surface area (TPSA) is 91.0 Å². The van der Waals surface area contributed by atoms with Crippen LogP contribution < -0.4 is 10.5 Å². The first-order chi connectivity index (χ1) is 11.1. The first kappa shape index (κ1) is 14.6. The second-order valence-corrected chi connectivity index (χ2v) is 4.61. The number of primary amides is 1. The number of amides is 1. The second-order valence-electron chi connectivity index (χ2n) is 4.61. The van der Waals surface area contributed by atoms with E-state index in [1.807, 2.05) is 0 Å². The van der Waals surface area contributed by atoms with E-state index in [0.29, 0.717) is 17.2 Å². The molecule has 0 fully saturated rings. The number of ether oxygens (including phenoxy) is 1. The van der Waals surface area contributed by atoms with Crippen molar-refractivity contribution in [1.29, 1.82) is 0 Å². The van der Waals surface area contributed by atoms with Gasteiger partial charge in [-0.25, -0.2) is 9.37 Å². The molecule has 3 aromatic rings. The van der Waals surface area contributed by atoms with Crippen molar-refractivity contribution in [3.05, 3.63) is 66.4 Å². The van der Waals surface area contributed by atoms with E-state index >= 15 is 0 Å². The van der Waals surface area contributed by atoms with Crippen LogP contribution in [0.4, 0.5) is 4.39 Å². The van der Waals surface area contributed by atoms with E-state index in [0.717, 1.165) is 5.56 Å². The molecule has 0 bridgehead atoms. The summed E-state index contributed by atoms with van der Waals surface area (Å²) in [4.78, 5) is 15.1. The van der Waals surface area contributed by atoms with Crippen molar-refractivity contribution in [2.45, 2.75) is 0 Å².